The van der Waals surface area contributed by atoms with Crippen molar-refractivity contribution < 1.29 is 23.5 Å². The lowest BCUT2D eigenvalue weighted by atomic mass is 9.91. The molecule has 1 aliphatic rings. The van der Waals surface area contributed by atoms with Crippen molar-refractivity contribution in [1.29, 1.82) is 0 Å². The van der Waals surface area contributed by atoms with Crippen LogP contribution < -0.4 is 9.46 Å². The zero-order valence-electron chi connectivity index (χ0n) is 19.2. The fraction of sp³-hybridized carbons (Fsp3) is 0.240. The second kappa shape index (κ2) is 10.5. The van der Waals surface area contributed by atoms with Crippen molar-refractivity contribution in [2.75, 3.05) is 20.0 Å². The van der Waals surface area contributed by atoms with Gasteiger partial charge < -0.3 is 9.47 Å². The molecule has 4 rings (SSSR count). The summed E-state index contributed by atoms with van der Waals surface area (Å²) in [6.45, 7) is 2.58. The second-order valence-corrected chi connectivity index (χ2v) is 8.97. The fourth-order valence-corrected chi connectivity index (χ4v) is 4.34. The van der Waals surface area contributed by atoms with E-state index in [0.717, 1.165) is 18.0 Å². The minimum Gasteiger partial charge on any atom is -0.493 e. The summed E-state index contributed by atoms with van der Waals surface area (Å²) >= 11 is 7.49. The van der Waals surface area contributed by atoms with Gasteiger partial charge in [0.2, 0.25) is 0 Å². The molecular weight excluding hydrogens is 493 g/mol. The Hall–Kier alpha value is -3.30. The number of nitrogens with one attached hydrogen (secondary N) is 1. The first kappa shape index (κ1) is 24.8. The highest BCUT2D eigenvalue weighted by molar-refractivity contribution is 7.97. The summed E-state index contributed by atoms with van der Waals surface area (Å²) in [4.78, 5) is 24.5. The number of amides is 1. The van der Waals surface area contributed by atoms with Crippen molar-refractivity contribution >= 4 is 46.3 Å². The number of rotatable bonds is 7. The Labute approximate surface area is 211 Å². The number of esters is 1. The predicted octanol–water partition coefficient (Wildman–Crippen LogP) is 5.37. The van der Waals surface area contributed by atoms with Crippen LogP contribution in [-0.2, 0) is 4.74 Å². The molecule has 10 heteroatoms. The van der Waals surface area contributed by atoms with E-state index in [9.17, 15) is 14.0 Å². The van der Waals surface area contributed by atoms with Gasteiger partial charge >= 0.3 is 5.97 Å². The van der Waals surface area contributed by atoms with Gasteiger partial charge in [0, 0.05) is 29.7 Å². The summed E-state index contributed by atoms with van der Waals surface area (Å²) in [6, 6.07) is 7.49. The fourth-order valence-electron chi connectivity index (χ4n) is 3.80. The number of carbonyl (C=O) groups is 2. The molecule has 0 radical (unpaired) electrons. The third-order valence-corrected chi connectivity index (χ3v) is 6.43. The summed E-state index contributed by atoms with van der Waals surface area (Å²) in [7, 11) is 1.25. The summed E-state index contributed by atoms with van der Waals surface area (Å²) < 4.78 is 29.6. The van der Waals surface area contributed by atoms with Crippen LogP contribution in [0.5, 0.6) is 5.75 Å². The molecule has 7 nitrogen and oxygen atoms in total. The number of allylic oxidation sites excluding steroid dienone is 3. The van der Waals surface area contributed by atoms with Crippen LogP contribution in [0.4, 0.5) is 4.39 Å². The molecule has 1 heterocycles. The molecule has 2 aromatic carbocycles. The normalized spacial score (nSPS) is 16.9. The van der Waals surface area contributed by atoms with Crippen molar-refractivity contribution in [1.82, 2.24) is 14.5 Å². The molecule has 1 amide bonds. The van der Waals surface area contributed by atoms with Gasteiger partial charge in [-0.05, 0) is 24.1 Å². The highest BCUT2D eigenvalue weighted by Gasteiger charge is 2.23. The maximum absolute atomic E-state index is 14.9. The largest absolute Gasteiger partial charge is 0.493 e. The average molecular weight is 516 g/mol. The Bertz CT molecular complexity index is 1350. The number of hydrogen-bond acceptors (Lipinski definition) is 6. The average Bonchev–Trinajstić information content (AvgIpc) is 3.23. The molecule has 0 saturated carbocycles. The van der Waals surface area contributed by atoms with Gasteiger partial charge in [-0.3, -0.25) is 9.52 Å². The highest BCUT2D eigenvalue weighted by atomic mass is 35.5. The lowest BCUT2D eigenvalue weighted by molar-refractivity contribution is 0.0595. The summed E-state index contributed by atoms with van der Waals surface area (Å²) in [5.74, 6) is -0.933. The van der Waals surface area contributed by atoms with Gasteiger partial charge in [0.05, 0.1) is 35.5 Å². The Morgan fingerprint density at radius 3 is 2.71 bits per heavy atom. The van der Waals surface area contributed by atoms with E-state index < -0.39 is 17.7 Å². The quantitative estimate of drug-likeness (QED) is 0.336. The Morgan fingerprint density at radius 1 is 1.23 bits per heavy atom. The van der Waals surface area contributed by atoms with E-state index >= 15 is 0 Å². The lowest BCUT2D eigenvalue weighted by Gasteiger charge is -2.20. The zero-order valence-corrected chi connectivity index (χ0v) is 20.8. The number of halogens is 2. The molecule has 0 spiro atoms. The van der Waals surface area contributed by atoms with Gasteiger partial charge in [0.25, 0.3) is 5.91 Å². The molecule has 0 fully saturated rings. The van der Waals surface area contributed by atoms with Crippen LogP contribution in [0.2, 0.25) is 5.02 Å². The third-order valence-electron chi connectivity index (χ3n) is 5.74. The van der Waals surface area contributed by atoms with E-state index in [1.54, 1.807) is 24.5 Å². The van der Waals surface area contributed by atoms with E-state index in [1.165, 1.54) is 17.9 Å². The van der Waals surface area contributed by atoms with E-state index in [2.05, 4.69) is 28.9 Å². The molecule has 0 saturated heterocycles. The molecule has 182 valence electrons. The molecule has 3 aromatic rings. The Kier molecular flexibility index (Phi) is 7.47. The van der Waals surface area contributed by atoms with Crippen molar-refractivity contribution in [2.45, 2.75) is 6.92 Å². The molecule has 35 heavy (non-hydrogen) atoms. The zero-order chi connectivity index (χ0) is 25.1. The van der Waals surface area contributed by atoms with Crippen molar-refractivity contribution in [3.8, 4) is 11.4 Å². The van der Waals surface area contributed by atoms with Crippen LogP contribution in [-0.4, -0.2) is 41.6 Å². The van der Waals surface area contributed by atoms with Crippen LogP contribution in [0, 0.1) is 17.7 Å². The van der Waals surface area contributed by atoms with E-state index in [0.29, 0.717) is 29.2 Å². The van der Waals surface area contributed by atoms with E-state index in [-0.39, 0.29) is 27.9 Å². The lowest BCUT2D eigenvalue weighted by Crippen LogP contribution is -2.17. The topological polar surface area (TPSA) is 82.5 Å². The minimum atomic E-state index is -0.780. The van der Waals surface area contributed by atoms with Gasteiger partial charge in [-0.25, -0.2) is 13.9 Å². The number of nitrogens with zero attached hydrogens (tertiary/aromatic N) is 2. The number of fused-ring (bicyclic) bond motifs is 1. The van der Waals surface area contributed by atoms with Gasteiger partial charge in [-0.15, -0.1) is 0 Å². The van der Waals surface area contributed by atoms with Gasteiger partial charge in [0.1, 0.15) is 11.6 Å². The Balaban J connectivity index is 1.76. The SMILES string of the molecule is COC(=O)c1nn(-c2cc(F)c(C(=O)NSC)cc2Cl)c2cc(OCC3C=CC=CC3C)ccc12. The number of benzene rings is 2. The summed E-state index contributed by atoms with van der Waals surface area (Å²) in [5.41, 5.74) is 0.475. The van der Waals surface area contributed by atoms with Crippen molar-refractivity contribution in [3.05, 3.63) is 76.7 Å². The number of ether oxygens (including phenoxy) is 2. The molecule has 0 bridgehead atoms. The first-order chi connectivity index (χ1) is 16.8. The Morgan fingerprint density at radius 2 is 2.00 bits per heavy atom. The minimum absolute atomic E-state index is 0.0451. The molecular formula is C25H23ClFN3O4S. The van der Waals surface area contributed by atoms with Gasteiger partial charge in [0.15, 0.2) is 5.69 Å². The van der Waals surface area contributed by atoms with Crippen LogP contribution in [0.3, 0.4) is 0 Å². The predicted molar refractivity (Wildman–Crippen MR) is 135 cm³/mol. The van der Waals surface area contributed by atoms with E-state index in [1.807, 2.05) is 12.2 Å². The van der Waals surface area contributed by atoms with Gasteiger partial charge in [-0.2, -0.15) is 5.10 Å². The first-order valence-electron chi connectivity index (χ1n) is 10.8. The third kappa shape index (κ3) is 5.06. The summed E-state index contributed by atoms with van der Waals surface area (Å²) in [6.07, 6.45) is 9.87. The standard InChI is InChI=1S/C25H23ClFN3O4S/c1-14-6-4-5-7-15(14)13-34-16-8-9-17-21(10-16)30(28-23(17)25(32)33-2)22-12-20(27)18(11-19(22)26)24(31)29-35-3/h4-12,14-15H,13H2,1-3H3,(H,29,31). The first-order valence-corrected chi connectivity index (χ1v) is 12.4. The smallest absolute Gasteiger partial charge is 0.359 e. The number of methoxy groups -OCH3 is 1. The van der Waals surface area contributed by atoms with E-state index in [4.69, 9.17) is 21.1 Å². The van der Waals surface area contributed by atoms with Gasteiger partial charge in [-0.1, -0.05) is 54.8 Å². The highest BCUT2D eigenvalue weighted by Crippen LogP contribution is 2.32. The number of carbonyl (C=O) groups excluding carboxylic acids is 2. The van der Waals surface area contributed by atoms with Crippen molar-refractivity contribution in [3.63, 3.8) is 0 Å². The second-order valence-electron chi connectivity index (χ2n) is 7.95. The number of aromatic nitrogens is 2. The van der Waals surface area contributed by atoms with Crippen molar-refractivity contribution in [2.24, 2.45) is 11.8 Å². The van der Waals surface area contributed by atoms with Crippen LogP contribution in [0.15, 0.2) is 54.6 Å². The molecule has 1 aliphatic carbocycles. The van der Waals surface area contributed by atoms with Crippen LogP contribution >= 0.6 is 23.5 Å². The molecule has 1 aromatic heterocycles. The maximum Gasteiger partial charge on any atom is 0.359 e. The van der Waals surface area contributed by atoms with Crippen LogP contribution in [0.1, 0.15) is 27.8 Å². The molecule has 2 unspecified atom stereocenters. The van der Waals surface area contributed by atoms with Crippen LogP contribution in [0.25, 0.3) is 16.6 Å². The molecule has 2 atom stereocenters. The number of hydrogen-bond donors (Lipinski definition) is 1. The summed E-state index contributed by atoms with van der Waals surface area (Å²) in [5, 5.41) is 4.92. The molecule has 1 N–H and O–H groups in total. The molecule has 0 aliphatic heterocycles. The maximum atomic E-state index is 14.9. The monoisotopic (exact) mass is 515 g/mol.